The van der Waals surface area contributed by atoms with E-state index < -0.39 is 0 Å². The molecule has 7 aromatic rings. The van der Waals surface area contributed by atoms with Crippen LogP contribution in [0.1, 0.15) is 33.9 Å². The van der Waals surface area contributed by atoms with Gasteiger partial charge in [-0.2, -0.15) is 0 Å². The first kappa shape index (κ1) is 24.9. The fourth-order valence-electron chi connectivity index (χ4n) is 6.00. The Morgan fingerprint density at radius 3 is 1.54 bits per heavy atom. The Morgan fingerprint density at radius 1 is 0.585 bits per heavy atom. The van der Waals surface area contributed by atoms with Gasteiger partial charge in [0.25, 0.3) is 0 Å². The minimum atomic E-state index is -0.0650. The summed E-state index contributed by atoms with van der Waals surface area (Å²) in [7, 11) is 1.68. The topological polar surface area (TPSA) is 32.0 Å². The molecule has 0 atom stereocenters. The molecular formula is C37H31N3O. The van der Waals surface area contributed by atoms with Gasteiger partial charge in [-0.25, -0.2) is 0 Å². The second-order valence-corrected chi connectivity index (χ2v) is 10.5. The first-order chi connectivity index (χ1) is 20.3. The fourth-order valence-corrected chi connectivity index (χ4v) is 6.00. The Bertz CT molecular complexity index is 1800. The van der Waals surface area contributed by atoms with E-state index in [9.17, 15) is 0 Å². The lowest BCUT2D eigenvalue weighted by molar-refractivity contribution is 0.412. The van der Waals surface area contributed by atoms with Crippen LogP contribution in [0.5, 0.6) is 5.75 Å². The zero-order chi connectivity index (χ0) is 27.6. The maximum atomic E-state index is 5.47. The Kier molecular flexibility index (Phi) is 6.58. The molecule has 0 radical (unpaired) electrons. The monoisotopic (exact) mass is 533 g/mol. The van der Waals surface area contributed by atoms with Gasteiger partial charge in [0.05, 0.1) is 24.9 Å². The molecule has 0 bridgehead atoms. The van der Waals surface area contributed by atoms with Crippen molar-refractivity contribution in [1.29, 1.82) is 0 Å². The van der Waals surface area contributed by atoms with Gasteiger partial charge in [0.1, 0.15) is 5.75 Å². The Balaban J connectivity index is 1.44. The molecule has 4 heteroatoms. The molecular weight excluding hydrogens is 502 g/mol. The second kappa shape index (κ2) is 10.8. The molecule has 0 aliphatic heterocycles. The van der Waals surface area contributed by atoms with Crippen molar-refractivity contribution in [2.75, 3.05) is 7.11 Å². The molecule has 200 valence electrons. The predicted octanol–water partition coefficient (Wildman–Crippen LogP) is 8.28. The Hall–Kier alpha value is -5.09. The number of pyridine rings is 1. The highest BCUT2D eigenvalue weighted by Gasteiger charge is 2.26. The highest BCUT2D eigenvalue weighted by Crippen LogP contribution is 2.41. The van der Waals surface area contributed by atoms with E-state index in [-0.39, 0.29) is 5.92 Å². The smallest absolute Gasteiger partial charge is 0.137 e. The summed E-state index contributed by atoms with van der Waals surface area (Å²) in [6.07, 6.45) is 6.49. The normalized spacial score (nSPS) is 11.5. The van der Waals surface area contributed by atoms with Crippen LogP contribution in [0.3, 0.4) is 0 Å². The standard InChI is InChI=1S/C37H31N3O/c1-41-29-20-21-34(38-22-29)37(32-25-39(23-27-12-4-2-5-13-27)35-18-10-8-16-30(32)35)33-26-40(24-28-14-6-3-7-15-28)36-19-11-9-17-31(33)36/h2-22,25-26,37H,23-24H2,1H3. The molecule has 0 saturated heterocycles. The van der Waals surface area contributed by atoms with Gasteiger partial charge < -0.3 is 13.9 Å². The van der Waals surface area contributed by atoms with E-state index in [1.165, 1.54) is 44.1 Å². The first-order valence-corrected chi connectivity index (χ1v) is 14.0. The molecule has 0 saturated carbocycles. The van der Waals surface area contributed by atoms with E-state index in [1.807, 2.05) is 12.3 Å². The lowest BCUT2D eigenvalue weighted by Crippen LogP contribution is -2.06. The van der Waals surface area contributed by atoms with E-state index in [0.717, 1.165) is 24.5 Å². The van der Waals surface area contributed by atoms with Gasteiger partial charge in [-0.05, 0) is 46.5 Å². The van der Waals surface area contributed by atoms with Crippen molar-refractivity contribution < 1.29 is 4.74 Å². The molecule has 0 unspecified atom stereocenters. The van der Waals surface area contributed by atoms with Crippen LogP contribution >= 0.6 is 0 Å². The third-order valence-corrected chi connectivity index (χ3v) is 7.94. The van der Waals surface area contributed by atoms with E-state index in [2.05, 4.69) is 137 Å². The van der Waals surface area contributed by atoms with Gasteiger partial charge in [0.2, 0.25) is 0 Å². The van der Waals surface area contributed by atoms with Crippen molar-refractivity contribution in [2.45, 2.75) is 19.0 Å². The predicted molar refractivity (Wildman–Crippen MR) is 167 cm³/mol. The Morgan fingerprint density at radius 2 is 1.07 bits per heavy atom. The van der Waals surface area contributed by atoms with Crippen molar-refractivity contribution in [3.63, 3.8) is 0 Å². The maximum Gasteiger partial charge on any atom is 0.137 e. The summed E-state index contributed by atoms with van der Waals surface area (Å²) in [4.78, 5) is 4.96. The van der Waals surface area contributed by atoms with Crippen molar-refractivity contribution in [3.05, 3.63) is 168 Å². The third-order valence-electron chi connectivity index (χ3n) is 7.94. The minimum Gasteiger partial charge on any atom is -0.495 e. The van der Waals surface area contributed by atoms with Crippen LogP contribution < -0.4 is 4.74 Å². The number of hydrogen-bond donors (Lipinski definition) is 0. The third kappa shape index (κ3) is 4.78. The lowest BCUT2D eigenvalue weighted by Gasteiger charge is -2.17. The number of benzene rings is 4. The molecule has 41 heavy (non-hydrogen) atoms. The van der Waals surface area contributed by atoms with E-state index >= 15 is 0 Å². The fraction of sp³-hybridized carbons (Fsp3) is 0.108. The molecule has 0 aliphatic carbocycles. The van der Waals surface area contributed by atoms with Crippen LogP contribution in [-0.2, 0) is 13.1 Å². The zero-order valence-electron chi connectivity index (χ0n) is 23.0. The van der Waals surface area contributed by atoms with Crippen molar-refractivity contribution in [2.24, 2.45) is 0 Å². The molecule has 4 aromatic carbocycles. The van der Waals surface area contributed by atoms with E-state index in [1.54, 1.807) is 7.11 Å². The molecule has 3 heterocycles. The molecule has 0 aliphatic rings. The SMILES string of the molecule is COc1ccc(C(c2cn(Cc3ccccc3)c3ccccc23)c2cn(Cc3ccccc3)c3ccccc23)nc1. The molecule has 0 amide bonds. The summed E-state index contributed by atoms with van der Waals surface area (Å²) in [5, 5.41) is 2.48. The summed E-state index contributed by atoms with van der Waals surface area (Å²) >= 11 is 0. The maximum absolute atomic E-state index is 5.47. The number of rotatable bonds is 8. The van der Waals surface area contributed by atoms with Crippen molar-refractivity contribution >= 4 is 21.8 Å². The van der Waals surface area contributed by atoms with Gasteiger partial charge in [-0.3, -0.25) is 4.98 Å². The number of methoxy groups -OCH3 is 1. The van der Waals surface area contributed by atoms with Crippen LogP contribution in [0.15, 0.2) is 140 Å². The summed E-state index contributed by atoms with van der Waals surface area (Å²) in [6, 6.07) is 42.9. The number of ether oxygens (including phenoxy) is 1. The van der Waals surface area contributed by atoms with Crippen LogP contribution in [0.2, 0.25) is 0 Å². The first-order valence-electron chi connectivity index (χ1n) is 14.0. The molecule has 7 rings (SSSR count). The van der Waals surface area contributed by atoms with Crippen LogP contribution in [0.25, 0.3) is 21.8 Å². The Labute approximate surface area is 240 Å². The summed E-state index contributed by atoms with van der Waals surface area (Å²) in [5.41, 5.74) is 8.48. The summed E-state index contributed by atoms with van der Waals surface area (Å²) < 4.78 is 10.2. The number of fused-ring (bicyclic) bond motifs is 2. The van der Waals surface area contributed by atoms with Crippen molar-refractivity contribution in [3.8, 4) is 5.75 Å². The highest BCUT2D eigenvalue weighted by atomic mass is 16.5. The van der Waals surface area contributed by atoms with E-state index in [4.69, 9.17) is 9.72 Å². The summed E-state index contributed by atoms with van der Waals surface area (Å²) in [6.45, 7) is 1.61. The average molecular weight is 534 g/mol. The van der Waals surface area contributed by atoms with Crippen LogP contribution in [0.4, 0.5) is 0 Å². The molecule has 0 fully saturated rings. The second-order valence-electron chi connectivity index (χ2n) is 10.5. The van der Waals surface area contributed by atoms with Crippen molar-refractivity contribution in [1.82, 2.24) is 14.1 Å². The van der Waals surface area contributed by atoms with E-state index in [0.29, 0.717) is 0 Å². The number of nitrogens with zero attached hydrogens (tertiary/aromatic N) is 3. The molecule has 0 N–H and O–H groups in total. The van der Waals surface area contributed by atoms with Gasteiger partial charge in [0.15, 0.2) is 0 Å². The highest BCUT2D eigenvalue weighted by molar-refractivity contribution is 5.90. The lowest BCUT2D eigenvalue weighted by atomic mass is 9.87. The largest absolute Gasteiger partial charge is 0.495 e. The zero-order valence-corrected chi connectivity index (χ0v) is 23.0. The van der Waals surface area contributed by atoms with Gasteiger partial charge in [0, 0.05) is 47.3 Å². The quantitative estimate of drug-likeness (QED) is 0.197. The summed E-state index contributed by atoms with van der Waals surface area (Å²) in [5.74, 6) is 0.690. The van der Waals surface area contributed by atoms with Gasteiger partial charge in [-0.1, -0.05) is 97.1 Å². The van der Waals surface area contributed by atoms with Crippen LogP contribution in [0, 0.1) is 0 Å². The average Bonchev–Trinajstić information content (AvgIpc) is 3.57. The van der Waals surface area contributed by atoms with Gasteiger partial charge >= 0.3 is 0 Å². The number of para-hydroxylation sites is 2. The number of aromatic nitrogens is 3. The van der Waals surface area contributed by atoms with Crippen LogP contribution in [-0.4, -0.2) is 21.2 Å². The molecule has 3 aromatic heterocycles. The van der Waals surface area contributed by atoms with Gasteiger partial charge in [-0.15, -0.1) is 0 Å². The molecule has 0 spiro atoms. The molecule has 4 nitrogen and oxygen atoms in total. The number of hydrogen-bond acceptors (Lipinski definition) is 2. The minimum absolute atomic E-state index is 0.0650.